The van der Waals surface area contributed by atoms with Gasteiger partial charge in [0, 0.05) is 36.7 Å². The van der Waals surface area contributed by atoms with Gasteiger partial charge in [-0.05, 0) is 42.8 Å². The molecule has 2 aromatic carbocycles. The maximum absolute atomic E-state index is 13.0. The van der Waals surface area contributed by atoms with Crippen molar-refractivity contribution in [3.05, 3.63) is 71.5 Å². The molecule has 5 heteroatoms. The van der Waals surface area contributed by atoms with Gasteiger partial charge in [-0.25, -0.2) is 4.39 Å². The van der Waals surface area contributed by atoms with E-state index in [1.54, 1.807) is 0 Å². The molecule has 2 fully saturated rings. The second-order valence-corrected chi connectivity index (χ2v) is 6.70. The molecule has 0 bridgehead atoms. The van der Waals surface area contributed by atoms with E-state index in [1.807, 2.05) is 40.1 Å². The van der Waals surface area contributed by atoms with E-state index < -0.39 is 0 Å². The van der Waals surface area contributed by atoms with Gasteiger partial charge in [-0.2, -0.15) is 0 Å². The van der Waals surface area contributed by atoms with Crippen molar-refractivity contribution >= 4 is 11.8 Å². The third-order valence-electron chi connectivity index (χ3n) is 5.21. The predicted molar refractivity (Wildman–Crippen MR) is 91.7 cm³/mol. The Morgan fingerprint density at radius 2 is 1.56 bits per heavy atom. The van der Waals surface area contributed by atoms with E-state index in [0.29, 0.717) is 30.1 Å². The third-order valence-corrected chi connectivity index (χ3v) is 5.21. The van der Waals surface area contributed by atoms with Gasteiger partial charge in [0.2, 0.25) is 0 Å². The Hall–Kier alpha value is -2.69. The molecule has 0 aliphatic carbocycles. The summed E-state index contributed by atoms with van der Waals surface area (Å²) < 4.78 is 13.0. The van der Waals surface area contributed by atoms with Gasteiger partial charge in [0.1, 0.15) is 5.82 Å². The molecule has 0 radical (unpaired) electrons. The van der Waals surface area contributed by atoms with Crippen LogP contribution in [0.1, 0.15) is 27.1 Å². The van der Waals surface area contributed by atoms with E-state index >= 15 is 0 Å². The SMILES string of the molecule is O=C(c1ccccc1)N1CC[C@@H]2CN(C(=O)c3ccc(F)cc3)[C@@H]2C1. The zero-order valence-electron chi connectivity index (χ0n) is 13.8. The molecule has 2 aliphatic rings. The van der Waals surface area contributed by atoms with E-state index in [0.717, 1.165) is 13.0 Å². The summed E-state index contributed by atoms with van der Waals surface area (Å²) in [5, 5.41) is 0. The van der Waals surface area contributed by atoms with Crippen molar-refractivity contribution in [3.8, 4) is 0 Å². The fourth-order valence-corrected chi connectivity index (χ4v) is 3.74. The summed E-state index contributed by atoms with van der Waals surface area (Å²) in [6.07, 6.45) is 0.913. The van der Waals surface area contributed by atoms with Crippen LogP contribution in [0.4, 0.5) is 4.39 Å². The monoisotopic (exact) mass is 338 g/mol. The number of rotatable bonds is 2. The molecule has 2 aliphatic heterocycles. The number of halogens is 1. The van der Waals surface area contributed by atoms with Crippen molar-refractivity contribution in [2.24, 2.45) is 5.92 Å². The van der Waals surface area contributed by atoms with E-state index in [9.17, 15) is 14.0 Å². The normalized spacial score (nSPS) is 22.1. The lowest BCUT2D eigenvalue weighted by Crippen LogP contribution is -2.66. The number of likely N-dealkylation sites (tertiary alicyclic amines) is 2. The Morgan fingerprint density at radius 3 is 2.28 bits per heavy atom. The summed E-state index contributed by atoms with van der Waals surface area (Å²) in [5.74, 6) is 0.0231. The minimum atomic E-state index is -0.352. The van der Waals surface area contributed by atoms with Crippen molar-refractivity contribution in [2.75, 3.05) is 19.6 Å². The molecule has 2 aromatic rings. The van der Waals surface area contributed by atoms with Crippen molar-refractivity contribution in [2.45, 2.75) is 12.5 Å². The standard InChI is InChI=1S/C20H19FN2O2/c21-17-8-6-15(7-9-17)20(25)23-12-16-10-11-22(13-18(16)23)19(24)14-4-2-1-3-5-14/h1-9,16,18H,10-13H2/t16-,18-/m1/s1. The topological polar surface area (TPSA) is 40.6 Å². The highest BCUT2D eigenvalue weighted by Crippen LogP contribution is 2.34. The molecule has 0 saturated carbocycles. The van der Waals surface area contributed by atoms with Gasteiger partial charge in [0.15, 0.2) is 0 Å². The number of hydrogen-bond donors (Lipinski definition) is 0. The molecule has 4 rings (SSSR count). The van der Waals surface area contributed by atoms with Gasteiger partial charge >= 0.3 is 0 Å². The Balaban J connectivity index is 1.46. The summed E-state index contributed by atoms with van der Waals surface area (Å²) in [6.45, 7) is 2.01. The molecule has 2 heterocycles. The molecule has 4 nitrogen and oxygen atoms in total. The molecule has 2 amide bonds. The number of carbonyl (C=O) groups excluding carboxylic acids is 2. The van der Waals surface area contributed by atoms with Gasteiger partial charge in [-0.1, -0.05) is 18.2 Å². The number of piperidine rings is 1. The quantitative estimate of drug-likeness (QED) is 0.845. The first-order valence-electron chi connectivity index (χ1n) is 8.54. The van der Waals surface area contributed by atoms with Crippen LogP contribution in [0.3, 0.4) is 0 Å². The molecule has 25 heavy (non-hydrogen) atoms. The lowest BCUT2D eigenvalue weighted by Gasteiger charge is -2.53. The van der Waals surface area contributed by atoms with Crippen LogP contribution in [0.25, 0.3) is 0 Å². The van der Waals surface area contributed by atoms with Crippen molar-refractivity contribution in [1.82, 2.24) is 9.80 Å². The predicted octanol–water partition coefficient (Wildman–Crippen LogP) is 2.81. The van der Waals surface area contributed by atoms with Crippen molar-refractivity contribution in [3.63, 3.8) is 0 Å². The maximum atomic E-state index is 13.0. The number of fused-ring (bicyclic) bond motifs is 1. The second-order valence-electron chi connectivity index (χ2n) is 6.70. The van der Waals surface area contributed by atoms with E-state index in [1.165, 1.54) is 24.3 Å². The molecule has 128 valence electrons. The van der Waals surface area contributed by atoms with Crippen molar-refractivity contribution in [1.29, 1.82) is 0 Å². The van der Waals surface area contributed by atoms with Crippen LogP contribution in [-0.4, -0.2) is 47.3 Å². The van der Waals surface area contributed by atoms with Gasteiger partial charge < -0.3 is 9.80 Å². The minimum Gasteiger partial charge on any atom is -0.337 e. The summed E-state index contributed by atoms with van der Waals surface area (Å²) >= 11 is 0. The molecule has 0 unspecified atom stereocenters. The minimum absolute atomic E-state index is 0.0140. The molecule has 0 spiro atoms. The first kappa shape index (κ1) is 15.8. The number of hydrogen-bond acceptors (Lipinski definition) is 2. The Labute approximate surface area is 145 Å². The van der Waals surface area contributed by atoms with Gasteiger partial charge in [0.05, 0.1) is 6.04 Å². The van der Waals surface area contributed by atoms with Gasteiger partial charge in [0.25, 0.3) is 11.8 Å². The number of amides is 2. The fraction of sp³-hybridized carbons (Fsp3) is 0.300. The summed E-state index contributed by atoms with van der Waals surface area (Å²) in [5.41, 5.74) is 1.17. The molecule has 0 aromatic heterocycles. The molecule has 2 saturated heterocycles. The summed E-state index contributed by atoms with van der Waals surface area (Å²) in [6, 6.07) is 14.9. The van der Waals surface area contributed by atoms with Crippen LogP contribution in [0.15, 0.2) is 54.6 Å². The highest BCUT2D eigenvalue weighted by atomic mass is 19.1. The lowest BCUT2D eigenvalue weighted by atomic mass is 9.81. The zero-order chi connectivity index (χ0) is 17.4. The van der Waals surface area contributed by atoms with Crippen LogP contribution < -0.4 is 0 Å². The smallest absolute Gasteiger partial charge is 0.254 e. The molecular weight excluding hydrogens is 319 g/mol. The first-order chi connectivity index (χ1) is 12.1. The Bertz CT molecular complexity index is 791. The van der Waals surface area contributed by atoms with E-state index in [-0.39, 0.29) is 23.7 Å². The maximum Gasteiger partial charge on any atom is 0.254 e. The van der Waals surface area contributed by atoms with Gasteiger partial charge in [-0.3, -0.25) is 9.59 Å². The largest absolute Gasteiger partial charge is 0.337 e. The molecular formula is C20H19FN2O2. The van der Waals surface area contributed by atoms with Crippen LogP contribution in [0.5, 0.6) is 0 Å². The van der Waals surface area contributed by atoms with Crippen LogP contribution in [0.2, 0.25) is 0 Å². The number of benzene rings is 2. The lowest BCUT2D eigenvalue weighted by molar-refractivity contribution is -0.0235. The van der Waals surface area contributed by atoms with E-state index in [2.05, 4.69) is 0 Å². The highest BCUT2D eigenvalue weighted by molar-refractivity contribution is 5.96. The zero-order valence-corrected chi connectivity index (χ0v) is 13.8. The van der Waals surface area contributed by atoms with E-state index in [4.69, 9.17) is 0 Å². The Morgan fingerprint density at radius 1 is 0.880 bits per heavy atom. The fourth-order valence-electron chi connectivity index (χ4n) is 3.74. The van der Waals surface area contributed by atoms with Crippen LogP contribution in [0, 0.1) is 11.7 Å². The Kier molecular flexibility index (Phi) is 3.99. The second kappa shape index (κ2) is 6.31. The average Bonchev–Trinajstić information content (AvgIpc) is 2.63. The molecule has 2 atom stereocenters. The van der Waals surface area contributed by atoms with Crippen molar-refractivity contribution < 1.29 is 14.0 Å². The third kappa shape index (κ3) is 2.90. The highest BCUT2D eigenvalue weighted by Gasteiger charge is 2.46. The van der Waals surface area contributed by atoms with Crippen LogP contribution in [-0.2, 0) is 0 Å². The number of nitrogens with zero attached hydrogens (tertiary/aromatic N) is 2. The summed E-state index contributed by atoms with van der Waals surface area (Å²) in [7, 11) is 0. The van der Waals surface area contributed by atoms with Crippen LogP contribution >= 0.6 is 0 Å². The average molecular weight is 338 g/mol. The van der Waals surface area contributed by atoms with Gasteiger partial charge in [-0.15, -0.1) is 0 Å². The molecule has 0 N–H and O–H groups in total. The first-order valence-corrected chi connectivity index (χ1v) is 8.54. The number of carbonyl (C=O) groups is 2. The summed E-state index contributed by atoms with van der Waals surface area (Å²) in [4.78, 5) is 28.9.